The van der Waals surface area contributed by atoms with Crippen molar-refractivity contribution in [2.45, 2.75) is 33.1 Å². The lowest BCUT2D eigenvalue weighted by Crippen LogP contribution is -2.16. The van der Waals surface area contributed by atoms with Crippen LogP contribution in [0.3, 0.4) is 0 Å². The number of fused-ring (bicyclic) bond motifs is 1. The molecule has 0 aliphatic carbocycles. The number of H-pyrrole nitrogens is 1. The summed E-state index contributed by atoms with van der Waals surface area (Å²) >= 11 is 0. The molecule has 0 unspecified atom stereocenters. The monoisotopic (exact) mass is 206 g/mol. The number of nitrogens with zero attached hydrogens (tertiary/aromatic N) is 3. The first-order chi connectivity index (χ1) is 7.11. The SMILES string of the molecule is CCc1nc2nc(C(C)C)cc(=O)n2[nH]1. The summed E-state index contributed by atoms with van der Waals surface area (Å²) in [5.41, 5.74) is 0.685. The lowest BCUT2D eigenvalue weighted by Gasteiger charge is -2.01. The zero-order valence-corrected chi connectivity index (χ0v) is 9.11. The molecule has 2 heterocycles. The lowest BCUT2D eigenvalue weighted by molar-refractivity contribution is 0.790. The summed E-state index contributed by atoms with van der Waals surface area (Å²) in [7, 11) is 0. The Bertz CT molecular complexity index is 538. The standard InChI is InChI=1S/C10H14N4O/c1-4-8-12-10-11-7(6(2)3)5-9(15)14(10)13-8/h5-6H,4H2,1-3H3,(H,11,12,13). The van der Waals surface area contributed by atoms with E-state index < -0.39 is 0 Å². The molecule has 0 radical (unpaired) electrons. The molecule has 5 nitrogen and oxygen atoms in total. The topological polar surface area (TPSA) is 63.1 Å². The van der Waals surface area contributed by atoms with Gasteiger partial charge in [0.25, 0.3) is 11.3 Å². The van der Waals surface area contributed by atoms with Crippen LogP contribution in [0.25, 0.3) is 5.78 Å². The maximum absolute atomic E-state index is 11.7. The first-order valence-corrected chi connectivity index (χ1v) is 5.10. The molecule has 0 bridgehead atoms. The number of rotatable bonds is 2. The van der Waals surface area contributed by atoms with Crippen LogP contribution >= 0.6 is 0 Å². The van der Waals surface area contributed by atoms with Crippen molar-refractivity contribution in [3.05, 3.63) is 27.9 Å². The molecular weight excluding hydrogens is 192 g/mol. The highest BCUT2D eigenvalue weighted by molar-refractivity contribution is 5.28. The number of aromatic amines is 1. The van der Waals surface area contributed by atoms with Crippen LogP contribution in [-0.4, -0.2) is 19.6 Å². The van der Waals surface area contributed by atoms with E-state index in [1.807, 2.05) is 20.8 Å². The Hall–Kier alpha value is -1.65. The van der Waals surface area contributed by atoms with Gasteiger partial charge in [0.05, 0.1) is 5.69 Å². The molecule has 15 heavy (non-hydrogen) atoms. The minimum atomic E-state index is -0.101. The summed E-state index contributed by atoms with van der Waals surface area (Å²) in [6, 6.07) is 1.55. The van der Waals surface area contributed by atoms with Gasteiger partial charge in [-0.05, 0) is 5.92 Å². The van der Waals surface area contributed by atoms with Gasteiger partial charge in [0, 0.05) is 12.5 Å². The zero-order chi connectivity index (χ0) is 11.0. The van der Waals surface area contributed by atoms with Crippen molar-refractivity contribution in [2.24, 2.45) is 0 Å². The smallest absolute Gasteiger partial charge is 0.274 e. The molecule has 0 aliphatic rings. The average Bonchev–Trinajstić information content (AvgIpc) is 2.61. The van der Waals surface area contributed by atoms with E-state index in [9.17, 15) is 4.79 Å². The van der Waals surface area contributed by atoms with Crippen molar-refractivity contribution in [3.63, 3.8) is 0 Å². The molecule has 1 N–H and O–H groups in total. The highest BCUT2D eigenvalue weighted by atomic mass is 16.1. The number of aryl methyl sites for hydroxylation is 1. The van der Waals surface area contributed by atoms with E-state index in [4.69, 9.17) is 0 Å². The summed E-state index contributed by atoms with van der Waals surface area (Å²) in [5.74, 6) is 1.48. The van der Waals surface area contributed by atoms with Crippen LogP contribution < -0.4 is 5.56 Å². The molecule has 0 saturated heterocycles. The molecule has 0 atom stereocenters. The molecule has 0 aromatic carbocycles. The maximum atomic E-state index is 11.7. The van der Waals surface area contributed by atoms with E-state index >= 15 is 0 Å². The van der Waals surface area contributed by atoms with Crippen LogP contribution in [0.15, 0.2) is 10.9 Å². The fourth-order valence-electron chi connectivity index (χ4n) is 1.40. The van der Waals surface area contributed by atoms with Crippen molar-refractivity contribution in [1.82, 2.24) is 19.6 Å². The quantitative estimate of drug-likeness (QED) is 0.800. The molecule has 2 aromatic heterocycles. The van der Waals surface area contributed by atoms with E-state index in [2.05, 4.69) is 15.1 Å². The Morgan fingerprint density at radius 2 is 2.20 bits per heavy atom. The van der Waals surface area contributed by atoms with Gasteiger partial charge in [-0.3, -0.25) is 9.89 Å². The molecular formula is C10H14N4O. The van der Waals surface area contributed by atoms with E-state index in [-0.39, 0.29) is 11.5 Å². The number of hydrogen-bond acceptors (Lipinski definition) is 3. The van der Waals surface area contributed by atoms with Gasteiger partial charge in [-0.2, -0.15) is 9.50 Å². The van der Waals surface area contributed by atoms with Crippen LogP contribution in [-0.2, 0) is 6.42 Å². The predicted molar refractivity (Wildman–Crippen MR) is 57.1 cm³/mol. The summed E-state index contributed by atoms with van der Waals surface area (Å²) in [5, 5.41) is 2.91. The van der Waals surface area contributed by atoms with Gasteiger partial charge in [0.1, 0.15) is 5.82 Å². The lowest BCUT2D eigenvalue weighted by atomic mass is 10.1. The summed E-state index contributed by atoms with van der Waals surface area (Å²) in [6.45, 7) is 5.99. The second-order valence-electron chi connectivity index (χ2n) is 3.83. The van der Waals surface area contributed by atoms with Gasteiger partial charge < -0.3 is 0 Å². The summed E-state index contributed by atoms with van der Waals surface area (Å²) in [4.78, 5) is 20.2. The van der Waals surface area contributed by atoms with Crippen molar-refractivity contribution in [1.29, 1.82) is 0 Å². The second kappa shape index (κ2) is 3.49. The minimum absolute atomic E-state index is 0.101. The van der Waals surface area contributed by atoms with Gasteiger partial charge in [0.2, 0.25) is 0 Å². The zero-order valence-electron chi connectivity index (χ0n) is 9.11. The van der Waals surface area contributed by atoms with E-state index in [1.165, 1.54) is 4.52 Å². The fourth-order valence-corrected chi connectivity index (χ4v) is 1.40. The van der Waals surface area contributed by atoms with Gasteiger partial charge in [0.15, 0.2) is 0 Å². The third-order valence-corrected chi connectivity index (χ3v) is 2.32. The van der Waals surface area contributed by atoms with Gasteiger partial charge in [-0.15, -0.1) is 0 Å². The number of nitrogens with one attached hydrogen (secondary N) is 1. The Kier molecular flexibility index (Phi) is 2.30. The van der Waals surface area contributed by atoms with Crippen molar-refractivity contribution in [2.75, 3.05) is 0 Å². The van der Waals surface area contributed by atoms with Crippen LogP contribution in [0, 0.1) is 0 Å². The fraction of sp³-hybridized carbons (Fsp3) is 0.500. The average molecular weight is 206 g/mol. The maximum Gasteiger partial charge on any atom is 0.274 e. The highest BCUT2D eigenvalue weighted by Gasteiger charge is 2.08. The summed E-state index contributed by atoms with van der Waals surface area (Å²) < 4.78 is 1.38. The molecule has 0 spiro atoms. The van der Waals surface area contributed by atoms with Crippen LogP contribution in [0.4, 0.5) is 0 Å². The normalized spacial score (nSPS) is 11.5. The Morgan fingerprint density at radius 3 is 2.80 bits per heavy atom. The molecule has 2 rings (SSSR count). The van der Waals surface area contributed by atoms with Crippen LogP contribution in [0.2, 0.25) is 0 Å². The van der Waals surface area contributed by atoms with Crippen molar-refractivity contribution >= 4 is 5.78 Å². The van der Waals surface area contributed by atoms with Gasteiger partial charge in [-0.25, -0.2) is 4.98 Å². The molecule has 2 aromatic rings. The predicted octanol–water partition coefficient (Wildman–Crippen LogP) is 1.10. The molecule has 0 aliphatic heterocycles. The molecule has 5 heteroatoms. The third kappa shape index (κ3) is 1.65. The Morgan fingerprint density at radius 1 is 1.47 bits per heavy atom. The van der Waals surface area contributed by atoms with Crippen molar-refractivity contribution in [3.8, 4) is 0 Å². The summed E-state index contributed by atoms with van der Waals surface area (Å²) in [6.07, 6.45) is 0.764. The molecule has 0 fully saturated rings. The largest absolute Gasteiger partial charge is 0.275 e. The first-order valence-electron chi connectivity index (χ1n) is 5.10. The van der Waals surface area contributed by atoms with Crippen LogP contribution in [0.1, 0.15) is 38.2 Å². The van der Waals surface area contributed by atoms with Gasteiger partial charge in [-0.1, -0.05) is 20.8 Å². The molecule has 0 amide bonds. The number of aromatic nitrogens is 4. The van der Waals surface area contributed by atoms with E-state index in [0.717, 1.165) is 17.9 Å². The Labute approximate surface area is 87.2 Å². The van der Waals surface area contributed by atoms with E-state index in [1.54, 1.807) is 6.07 Å². The van der Waals surface area contributed by atoms with Crippen molar-refractivity contribution < 1.29 is 0 Å². The molecule has 0 saturated carbocycles. The van der Waals surface area contributed by atoms with Gasteiger partial charge >= 0.3 is 0 Å². The van der Waals surface area contributed by atoms with E-state index in [0.29, 0.717) is 5.78 Å². The first kappa shape index (κ1) is 9.89. The molecule has 80 valence electrons. The minimum Gasteiger partial charge on any atom is -0.275 e. The Balaban J connectivity index is 2.70. The highest BCUT2D eigenvalue weighted by Crippen LogP contribution is 2.09. The second-order valence-corrected chi connectivity index (χ2v) is 3.83. The third-order valence-electron chi connectivity index (χ3n) is 2.32. The van der Waals surface area contributed by atoms with Crippen LogP contribution in [0.5, 0.6) is 0 Å². The number of hydrogen-bond donors (Lipinski definition) is 1.